The van der Waals surface area contributed by atoms with E-state index in [1.807, 2.05) is 32.0 Å². The van der Waals surface area contributed by atoms with Gasteiger partial charge in [-0.2, -0.15) is 0 Å². The summed E-state index contributed by atoms with van der Waals surface area (Å²) in [4.78, 5) is 0. The number of aryl methyl sites for hydroxylation is 2. The first-order valence-corrected chi connectivity index (χ1v) is 5.55. The topological polar surface area (TPSA) is 49.7 Å². The van der Waals surface area contributed by atoms with E-state index in [2.05, 4.69) is 0 Å². The van der Waals surface area contributed by atoms with Crippen LogP contribution in [0.25, 0.3) is 0 Å². The number of aliphatic hydroxyl groups is 1. The number of benzene rings is 1. The third-order valence-electron chi connectivity index (χ3n) is 2.34. The van der Waals surface area contributed by atoms with Crippen molar-refractivity contribution >= 4 is 12.6 Å². The van der Waals surface area contributed by atoms with Crippen LogP contribution in [-0.4, -0.2) is 30.0 Å². The van der Waals surface area contributed by atoms with Crippen molar-refractivity contribution in [3.63, 3.8) is 0 Å². The van der Waals surface area contributed by atoms with Gasteiger partial charge in [0.2, 0.25) is 0 Å². The summed E-state index contributed by atoms with van der Waals surface area (Å²) in [5, 5.41) is 18.8. The van der Waals surface area contributed by atoms with Crippen molar-refractivity contribution in [3.8, 4) is 0 Å². The molecule has 0 spiro atoms. The number of hydrogen-bond donors (Lipinski definition) is 2. The van der Waals surface area contributed by atoms with E-state index in [1.54, 1.807) is 6.92 Å². The maximum absolute atomic E-state index is 9.78. The fourth-order valence-electron chi connectivity index (χ4n) is 1.60. The van der Waals surface area contributed by atoms with E-state index in [-0.39, 0.29) is 0 Å². The van der Waals surface area contributed by atoms with Gasteiger partial charge in [0.25, 0.3) is 0 Å². The Bertz CT molecular complexity index is 319. The van der Waals surface area contributed by atoms with Crippen molar-refractivity contribution in [3.05, 3.63) is 29.3 Å². The van der Waals surface area contributed by atoms with E-state index in [4.69, 9.17) is 9.76 Å². The van der Waals surface area contributed by atoms with Gasteiger partial charge in [-0.25, -0.2) is 0 Å². The van der Waals surface area contributed by atoms with Gasteiger partial charge in [0.15, 0.2) is 0 Å². The zero-order chi connectivity index (χ0) is 12.1. The van der Waals surface area contributed by atoms with Gasteiger partial charge in [0.05, 0.1) is 6.10 Å². The Hall–Kier alpha value is -0.835. The molecule has 0 saturated carbocycles. The van der Waals surface area contributed by atoms with E-state index in [0.717, 1.165) is 16.6 Å². The van der Waals surface area contributed by atoms with E-state index >= 15 is 0 Å². The maximum atomic E-state index is 9.78. The molecule has 0 aliphatic rings. The molecule has 1 unspecified atom stereocenters. The highest BCUT2D eigenvalue weighted by atomic mass is 16.5. The van der Waals surface area contributed by atoms with Gasteiger partial charge in [-0.05, 0) is 32.7 Å². The van der Waals surface area contributed by atoms with Gasteiger partial charge in [-0.15, -0.1) is 0 Å². The lowest BCUT2D eigenvalue weighted by molar-refractivity contribution is 0.149. The van der Waals surface area contributed by atoms with E-state index in [9.17, 15) is 5.02 Å². The molecule has 1 aromatic rings. The number of aliphatic hydroxyl groups excluding tert-OH is 1. The van der Waals surface area contributed by atoms with Gasteiger partial charge in [-0.3, -0.25) is 0 Å². The monoisotopic (exact) mass is 222 g/mol. The third-order valence-corrected chi connectivity index (χ3v) is 2.34. The molecule has 88 valence electrons. The Labute approximate surface area is 97.2 Å². The van der Waals surface area contributed by atoms with Crippen LogP contribution in [0, 0.1) is 13.8 Å². The van der Waals surface area contributed by atoms with E-state index in [1.165, 1.54) is 0 Å². The summed E-state index contributed by atoms with van der Waals surface area (Å²) in [6.45, 7) is 6.02. The van der Waals surface area contributed by atoms with Crippen molar-refractivity contribution in [1.29, 1.82) is 0 Å². The molecule has 0 heterocycles. The third kappa shape index (κ3) is 4.35. The van der Waals surface area contributed by atoms with Crippen molar-refractivity contribution < 1.29 is 14.8 Å². The van der Waals surface area contributed by atoms with Gasteiger partial charge >= 0.3 is 7.12 Å². The average Bonchev–Trinajstić information content (AvgIpc) is 2.15. The first-order chi connectivity index (χ1) is 7.49. The average molecular weight is 222 g/mol. The van der Waals surface area contributed by atoms with Crippen LogP contribution < -0.4 is 5.46 Å². The number of rotatable bonds is 5. The normalized spacial score (nSPS) is 12.6. The van der Waals surface area contributed by atoms with Crippen molar-refractivity contribution in [1.82, 2.24) is 0 Å². The molecule has 0 amide bonds. The maximum Gasteiger partial charge on any atom is 0.491 e. The minimum Gasteiger partial charge on any atom is -0.423 e. The molecule has 2 N–H and O–H groups in total. The van der Waals surface area contributed by atoms with Crippen molar-refractivity contribution in [2.75, 3.05) is 6.61 Å². The summed E-state index contributed by atoms with van der Waals surface area (Å²) in [5.74, 6) is 0. The van der Waals surface area contributed by atoms with Crippen molar-refractivity contribution in [2.45, 2.75) is 33.3 Å². The quantitative estimate of drug-likeness (QED) is 0.723. The molecule has 0 aliphatic carbocycles. The lowest BCUT2D eigenvalue weighted by atomic mass is 9.78. The second kappa shape index (κ2) is 6.04. The zero-order valence-corrected chi connectivity index (χ0v) is 10.1. The molecule has 0 aromatic heterocycles. The molecule has 16 heavy (non-hydrogen) atoms. The predicted molar refractivity (Wildman–Crippen MR) is 65.8 cm³/mol. The Morgan fingerprint density at radius 3 is 2.31 bits per heavy atom. The molecule has 3 nitrogen and oxygen atoms in total. The van der Waals surface area contributed by atoms with Crippen molar-refractivity contribution in [2.24, 2.45) is 0 Å². The molecule has 0 radical (unpaired) electrons. The fraction of sp³-hybridized carbons (Fsp3) is 0.500. The second-order valence-electron chi connectivity index (χ2n) is 4.28. The van der Waals surface area contributed by atoms with Crippen LogP contribution in [-0.2, 0) is 4.65 Å². The first kappa shape index (κ1) is 13.2. The Balaban J connectivity index is 2.55. The van der Waals surface area contributed by atoms with Crippen LogP contribution in [0.1, 0.15) is 24.5 Å². The van der Waals surface area contributed by atoms with Gasteiger partial charge < -0.3 is 14.8 Å². The summed E-state index contributed by atoms with van der Waals surface area (Å²) in [6.07, 6.45) is 0.133. The van der Waals surface area contributed by atoms with Crippen LogP contribution in [0.3, 0.4) is 0 Å². The number of hydrogen-bond acceptors (Lipinski definition) is 3. The molecule has 0 bridgehead atoms. The lowest BCUT2D eigenvalue weighted by Crippen LogP contribution is -2.34. The van der Waals surface area contributed by atoms with Crippen LogP contribution in [0.5, 0.6) is 0 Å². The standard InChI is InChI=1S/C12H19BO3/c1-9-6-10(2)8-12(7-9)13(15)16-5-4-11(3)14/h6-8,11,14-15H,4-5H2,1-3H3. The van der Waals surface area contributed by atoms with Gasteiger partial charge in [0, 0.05) is 6.61 Å². The van der Waals surface area contributed by atoms with Crippen LogP contribution in [0.15, 0.2) is 18.2 Å². The van der Waals surface area contributed by atoms with Crippen LogP contribution >= 0.6 is 0 Å². The highest BCUT2D eigenvalue weighted by Crippen LogP contribution is 2.02. The highest BCUT2D eigenvalue weighted by Gasteiger charge is 2.16. The minimum atomic E-state index is -0.905. The zero-order valence-electron chi connectivity index (χ0n) is 10.1. The SMILES string of the molecule is Cc1cc(C)cc(B(O)OCCC(C)O)c1. The smallest absolute Gasteiger partial charge is 0.423 e. The molecule has 4 heteroatoms. The van der Waals surface area contributed by atoms with Crippen LogP contribution in [0.4, 0.5) is 0 Å². The second-order valence-corrected chi connectivity index (χ2v) is 4.28. The largest absolute Gasteiger partial charge is 0.491 e. The molecular formula is C12H19BO3. The summed E-state index contributed by atoms with van der Waals surface area (Å²) in [6, 6.07) is 5.85. The first-order valence-electron chi connectivity index (χ1n) is 5.55. The summed E-state index contributed by atoms with van der Waals surface area (Å²) in [5.41, 5.74) is 2.98. The minimum absolute atomic E-state index is 0.353. The van der Waals surface area contributed by atoms with Gasteiger partial charge in [-0.1, -0.05) is 29.3 Å². The van der Waals surface area contributed by atoms with Gasteiger partial charge in [0.1, 0.15) is 0 Å². The lowest BCUT2D eigenvalue weighted by Gasteiger charge is -2.11. The molecule has 0 aliphatic heterocycles. The van der Waals surface area contributed by atoms with Crippen LogP contribution in [0.2, 0.25) is 0 Å². The Morgan fingerprint density at radius 2 is 1.81 bits per heavy atom. The summed E-state index contributed by atoms with van der Waals surface area (Å²) >= 11 is 0. The summed E-state index contributed by atoms with van der Waals surface area (Å²) in [7, 11) is -0.905. The summed E-state index contributed by atoms with van der Waals surface area (Å²) < 4.78 is 5.24. The van der Waals surface area contributed by atoms with E-state index < -0.39 is 13.2 Å². The Kier molecular flexibility index (Phi) is 4.99. The molecule has 0 fully saturated rings. The molecule has 1 aromatic carbocycles. The molecule has 1 rings (SSSR count). The Morgan fingerprint density at radius 1 is 1.25 bits per heavy atom. The highest BCUT2D eigenvalue weighted by molar-refractivity contribution is 6.60. The molecular weight excluding hydrogens is 203 g/mol. The fourth-order valence-corrected chi connectivity index (χ4v) is 1.60. The molecule has 0 saturated heterocycles. The van der Waals surface area contributed by atoms with E-state index in [0.29, 0.717) is 13.0 Å². The predicted octanol–water partition coefficient (Wildman–Crippen LogP) is 0.778. The molecule has 1 atom stereocenters.